The van der Waals surface area contributed by atoms with E-state index in [-0.39, 0.29) is 11.7 Å². The van der Waals surface area contributed by atoms with E-state index in [4.69, 9.17) is 5.11 Å². The van der Waals surface area contributed by atoms with Gasteiger partial charge in [-0.2, -0.15) is 0 Å². The molecule has 11 heavy (non-hydrogen) atoms. The molecule has 0 aliphatic carbocycles. The number of amides is 1. The molecule has 0 aromatic rings. The van der Waals surface area contributed by atoms with Crippen molar-refractivity contribution in [1.82, 2.24) is 4.90 Å². The summed E-state index contributed by atoms with van der Waals surface area (Å²) < 4.78 is 0. The molecule has 0 atom stereocenters. The van der Waals surface area contributed by atoms with Gasteiger partial charge in [-0.15, -0.1) is 0 Å². The van der Waals surface area contributed by atoms with Crippen LogP contribution in [0.4, 0.5) is 0 Å². The standard InChI is InChI=1S/C8H13NO2/c1-2-3-4-9-6-7(10)5-8(9)11/h5,10H,2-4,6H2,1H3. The highest BCUT2D eigenvalue weighted by Crippen LogP contribution is 2.08. The summed E-state index contributed by atoms with van der Waals surface area (Å²) in [5.41, 5.74) is 0. The fourth-order valence-electron chi connectivity index (χ4n) is 1.09. The third-order valence-electron chi connectivity index (χ3n) is 1.74. The molecule has 0 radical (unpaired) electrons. The highest BCUT2D eigenvalue weighted by molar-refractivity contribution is 5.90. The normalized spacial score (nSPS) is 17.4. The Labute approximate surface area is 66.3 Å². The van der Waals surface area contributed by atoms with Gasteiger partial charge in [-0.05, 0) is 6.42 Å². The van der Waals surface area contributed by atoms with Gasteiger partial charge in [0.15, 0.2) is 0 Å². The summed E-state index contributed by atoms with van der Waals surface area (Å²) in [5.74, 6) is 0.127. The minimum Gasteiger partial charge on any atom is -0.510 e. The first-order chi connectivity index (χ1) is 5.24. The largest absolute Gasteiger partial charge is 0.510 e. The highest BCUT2D eigenvalue weighted by Gasteiger charge is 2.19. The minimum absolute atomic E-state index is 0.0593. The number of nitrogens with zero attached hydrogens (tertiary/aromatic N) is 1. The molecule has 1 rings (SSSR count). The highest BCUT2D eigenvalue weighted by atomic mass is 16.3. The second-order valence-electron chi connectivity index (χ2n) is 2.75. The maximum absolute atomic E-state index is 11.0. The van der Waals surface area contributed by atoms with Crippen LogP contribution in [0.3, 0.4) is 0 Å². The van der Waals surface area contributed by atoms with Gasteiger partial charge in [-0.3, -0.25) is 4.79 Å². The molecular weight excluding hydrogens is 142 g/mol. The van der Waals surface area contributed by atoms with Crippen molar-refractivity contribution < 1.29 is 9.90 Å². The number of hydrogen-bond donors (Lipinski definition) is 1. The number of aliphatic hydroxyl groups is 1. The Morgan fingerprint density at radius 1 is 1.73 bits per heavy atom. The van der Waals surface area contributed by atoms with Crippen LogP contribution in [0.5, 0.6) is 0 Å². The molecule has 3 nitrogen and oxygen atoms in total. The molecule has 0 spiro atoms. The maximum Gasteiger partial charge on any atom is 0.250 e. The first kappa shape index (κ1) is 8.11. The molecule has 0 saturated carbocycles. The number of hydrogen-bond acceptors (Lipinski definition) is 2. The lowest BCUT2D eigenvalue weighted by Gasteiger charge is -2.13. The molecule has 0 fully saturated rings. The fraction of sp³-hybridized carbons (Fsp3) is 0.625. The lowest BCUT2D eigenvalue weighted by atomic mass is 10.3. The first-order valence-corrected chi connectivity index (χ1v) is 3.92. The van der Waals surface area contributed by atoms with E-state index in [0.29, 0.717) is 6.54 Å². The maximum atomic E-state index is 11.0. The SMILES string of the molecule is CCCCN1CC(O)=CC1=O. The second-order valence-corrected chi connectivity index (χ2v) is 2.75. The Hall–Kier alpha value is -0.990. The monoisotopic (exact) mass is 155 g/mol. The number of carbonyl (C=O) groups excluding carboxylic acids is 1. The summed E-state index contributed by atoms with van der Waals surface area (Å²) in [4.78, 5) is 12.6. The van der Waals surface area contributed by atoms with Gasteiger partial charge in [0, 0.05) is 12.6 Å². The minimum atomic E-state index is -0.0593. The van der Waals surface area contributed by atoms with E-state index in [9.17, 15) is 4.79 Å². The van der Waals surface area contributed by atoms with E-state index in [1.54, 1.807) is 4.90 Å². The van der Waals surface area contributed by atoms with Gasteiger partial charge < -0.3 is 10.0 Å². The van der Waals surface area contributed by atoms with E-state index in [2.05, 4.69) is 6.92 Å². The molecule has 0 saturated heterocycles. The van der Waals surface area contributed by atoms with Crippen molar-refractivity contribution in [3.63, 3.8) is 0 Å². The van der Waals surface area contributed by atoms with E-state index >= 15 is 0 Å². The Morgan fingerprint density at radius 3 is 2.91 bits per heavy atom. The predicted octanol–water partition coefficient (Wildman–Crippen LogP) is 1.07. The van der Waals surface area contributed by atoms with Crippen LogP contribution in [0.25, 0.3) is 0 Å². The number of carbonyl (C=O) groups is 1. The summed E-state index contributed by atoms with van der Waals surface area (Å²) in [5, 5.41) is 8.97. The predicted molar refractivity (Wildman–Crippen MR) is 42.2 cm³/mol. The van der Waals surface area contributed by atoms with Gasteiger partial charge in [0.2, 0.25) is 5.91 Å². The quantitative estimate of drug-likeness (QED) is 0.662. The molecule has 0 aromatic heterocycles. The van der Waals surface area contributed by atoms with E-state index < -0.39 is 0 Å². The van der Waals surface area contributed by atoms with E-state index in [0.717, 1.165) is 19.4 Å². The Kier molecular flexibility index (Phi) is 2.52. The van der Waals surface area contributed by atoms with Crippen molar-refractivity contribution in [2.24, 2.45) is 0 Å². The molecular formula is C8H13NO2. The lowest BCUT2D eigenvalue weighted by molar-refractivity contribution is -0.124. The van der Waals surface area contributed by atoms with Crippen LogP contribution in [0.2, 0.25) is 0 Å². The van der Waals surface area contributed by atoms with Crippen LogP contribution in [0, 0.1) is 0 Å². The summed E-state index contributed by atoms with van der Waals surface area (Å²) in [6.07, 6.45) is 3.37. The van der Waals surface area contributed by atoms with Gasteiger partial charge in [0.25, 0.3) is 0 Å². The average molecular weight is 155 g/mol. The molecule has 1 aliphatic rings. The second kappa shape index (κ2) is 3.42. The van der Waals surface area contributed by atoms with Crippen molar-refractivity contribution >= 4 is 5.91 Å². The zero-order valence-electron chi connectivity index (χ0n) is 6.71. The Balaban J connectivity index is 2.34. The molecule has 1 heterocycles. The topological polar surface area (TPSA) is 40.5 Å². The molecule has 0 aromatic carbocycles. The summed E-state index contributed by atoms with van der Waals surface area (Å²) in [6, 6.07) is 0. The molecule has 62 valence electrons. The Bertz CT molecular complexity index is 187. The zero-order chi connectivity index (χ0) is 8.27. The van der Waals surface area contributed by atoms with Crippen LogP contribution in [0.1, 0.15) is 19.8 Å². The fourth-order valence-corrected chi connectivity index (χ4v) is 1.09. The van der Waals surface area contributed by atoms with Crippen LogP contribution in [-0.2, 0) is 4.79 Å². The summed E-state index contributed by atoms with van der Waals surface area (Å²) in [7, 11) is 0. The zero-order valence-corrected chi connectivity index (χ0v) is 6.71. The molecule has 1 amide bonds. The van der Waals surface area contributed by atoms with E-state index in [1.807, 2.05) is 0 Å². The molecule has 1 N–H and O–H groups in total. The van der Waals surface area contributed by atoms with Gasteiger partial charge in [0.05, 0.1) is 6.54 Å². The average Bonchev–Trinajstić information content (AvgIpc) is 2.26. The van der Waals surface area contributed by atoms with E-state index in [1.165, 1.54) is 6.08 Å². The number of rotatable bonds is 3. The number of aliphatic hydroxyl groups excluding tert-OH is 1. The van der Waals surface area contributed by atoms with Crippen LogP contribution in [-0.4, -0.2) is 29.0 Å². The van der Waals surface area contributed by atoms with Gasteiger partial charge >= 0.3 is 0 Å². The van der Waals surface area contributed by atoms with Crippen molar-refractivity contribution in [2.75, 3.05) is 13.1 Å². The third-order valence-corrected chi connectivity index (χ3v) is 1.74. The third kappa shape index (κ3) is 1.97. The summed E-state index contributed by atoms with van der Waals surface area (Å²) in [6.45, 7) is 3.24. The van der Waals surface area contributed by atoms with Gasteiger partial charge in [-0.25, -0.2) is 0 Å². The molecule has 0 unspecified atom stereocenters. The Morgan fingerprint density at radius 2 is 2.45 bits per heavy atom. The molecule has 1 aliphatic heterocycles. The molecule has 3 heteroatoms. The van der Waals surface area contributed by atoms with Crippen LogP contribution in [0.15, 0.2) is 11.8 Å². The van der Waals surface area contributed by atoms with Gasteiger partial charge in [0.1, 0.15) is 5.76 Å². The lowest BCUT2D eigenvalue weighted by Crippen LogP contribution is -2.26. The first-order valence-electron chi connectivity index (χ1n) is 3.92. The van der Waals surface area contributed by atoms with Crippen LogP contribution < -0.4 is 0 Å². The number of unbranched alkanes of at least 4 members (excludes halogenated alkanes) is 1. The molecule has 0 bridgehead atoms. The van der Waals surface area contributed by atoms with Crippen LogP contribution >= 0.6 is 0 Å². The van der Waals surface area contributed by atoms with Crippen molar-refractivity contribution in [1.29, 1.82) is 0 Å². The van der Waals surface area contributed by atoms with Crippen molar-refractivity contribution in [3.05, 3.63) is 11.8 Å². The van der Waals surface area contributed by atoms with Crippen molar-refractivity contribution in [3.8, 4) is 0 Å². The summed E-state index contributed by atoms with van der Waals surface area (Å²) >= 11 is 0. The van der Waals surface area contributed by atoms with Crippen molar-refractivity contribution in [2.45, 2.75) is 19.8 Å². The smallest absolute Gasteiger partial charge is 0.250 e. The van der Waals surface area contributed by atoms with Gasteiger partial charge in [-0.1, -0.05) is 13.3 Å².